The van der Waals surface area contributed by atoms with Crippen molar-refractivity contribution >= 4 is 46.5 Å². The minimum Gasteiger partial charge on any atom is -0.480 e. The summed E-state index contributed by atoms with van der Waals surface area (Å²) in [5, 5.41) is 11.8. The molecule has 0 aliphatic carbocycles. The number of thioether (sulfide) groups is 2. The van der Waals surface area contributed by atoms with Gasteiger partial charge in [0.1, 0.15) is 6.04 Å². The number of aliphatic carboxylic acids is 1. The highest BCUT2D eigenvalue weighted by molar-refractivity contribution is 8.13. The van der Waals surface area contributed by atoms with Crippen molar-refractivity contribution < 1.29 is 24.3 Å². The number of nitrogens with zero attached hydrogens (tertiary/aromatic N) is 1. The lowest BCUT2D eigenvalue weighted by atomic mass is 9.99. The predicted molar refractivity (Wildman–Crippen MR) is 134 cm³/mol. The van der Waals surface area contributed by atoms with Crippen molar-refractivity contribution in [1.29, 1.82) is 0 Å². The number of nitrogens with two attached hydrogens (primary N) is 1. The number of carbonyl (C=O) groups is 4. The molecular weight excluding hydrogens is 462 g/mol. The van der Waals surface area contributed by atoms with Gasteiger partial charge in [-0.15, -0.1) is 0 Å². The number of urea groups is 1. The Morgan fingerprint density at radius 2 is 1.76 bits per heavy atom. The summed E-state index contributed by atoms with van der Waals surface area (Å²) in [7, 11) is 0. The number of piperidine rings is 1. The van der Waals surface area contributed by atoms with Crippen molar-refractivity contribution in [2.24, 2.45) is 11.7 Å². The molecule has 8 nitrogen and oxygen atoms in total. The van der Waals surface area contributed by atoms with Crippen LogP contribution in [-0.2, 0) is 20.8 Å². The van der Waals surface area contributed by atoms with Crippen molar-refractivity contribution in [3.05, 3.63) is 35.9 Å². The van der Waals surface area contributed by atoms with Crippen molar-refractivity contribution in [1.82, 2.24) is 10.2 Å². The van der Waals surface area contributed by atoms with E-state index in [-0.39, 0.29) is 17.1 Å². The lowest BCUT2D eigenvalue weighted by molar-refractivity contribution is -0.142. The van der Waals surface area contributed by atoms with E-state index < -0.39 is 17.9 Å². The smallest absolute Gasteiger partial charge is 0.326 e. The summed E-state index contributed by atoms with van der Waals surface area (Å²) in [6.07, 6.45) is 6.21. The van der Waals surface area contributed by atoms with Crippen LogP contribution in [-0.4, -0.2) is 69.9 Å². The Morgan fingerprint density at radius 3 is 2.24 bits per heavy atom. The van der Waals surface area contributed by atoms with Gasteiger partial charge >= 0.3 is 12.0 Å². The van der Waals surface area contributed by atoms with Crippen LogP contribution < -0.4 is 11.1 Å². The fourth-order valence-corrected chi connectivity index (χ4v) is 4.42. The maximum atomic E-state index is 12.5. The van der Waals surface area contributed by atoms with Gasteiger partial charge in [0.05, 0.1) is 5.92 Å². The fourth-order valence-electron chi connectivity index (χ4n) is 3.24. The van der Waals surface area contributed by atoms with E-state index in [2.05, 4.69) is 5.32 Å². The Kier molecular flexibility index (Phi) is 14.3. The van der Waals surface area contributed by atoms with E-state index >= 15 is 0 Å². The number of likely N-dealkylation sites (tertiary alicyclic amines) is 1. The van der Waals surface area contributed by atoms with Crippen molar-refractivity contribution in [3.63, 3.8) is 0 Å². The molecule has 0 unspecified atom stereocenters. The van der Waals surface area contributed by atoms with Gasteiger partial charge in [-0.05, 0) is 49.7 Å². The Labute approximate surface area is 204 Å². The summed E-state index contributed by atoms with van der Waals surface area (Å²) in [6.45, 7) is 3.17. The number of carboxylic acids is 1. The number of hydrogen-bond acceptors (Lipinski definition) is 6. The first-order chi connectivity index (χ1) is 15.7. The van der Waals surface area contributed by atoms with E-state index in [1.807, 2.05) is 36.6 Å². The third-order valence-corrected chi connectivity index (χ3v) is 6.70. The second kappa shape index (κ2) is 16.4. The van der Waals surface area contributed by atoms with Crippen LogP contribution in [0.5, 0.6) is 0 Å². The topological polar surface area (TPSA) is 130 Å². The fraction of sp³-hybridized carbons (Fsp3) is 0.565. The van der Waals surface area contributed by atoms with Crippen LogP contribution in [0.3, 0.4) is 0 Å². The van der Waals surface area contributed by atoms with Gasteiger partial charge in [0.2, 0.25) is 5.91 Å². The maximum absolute atomic E-state index is 12.5. The van der Waals surface area contributed by atoms with E-state index in [4.69, 9.17) is 5.73 Å². The number of primary amides is 1. The van der Waals surface area contributed by atoms with Crippen LogP contribution in [0.15, 0.2) is 30.3 Å². The predicted octanol–water partition coefficient (Wildman–Crippen LogP) is 3.00. The molecule has 2 atom stereocenters. The van der Waals surface area contributed by atoms with Gasteiger partial charge in [0.15, 0.2) is 5.12 Å². The number of nitrogens with one attached hydrogen (secondary N) is 1. The number of carbonyl (C=O) groups excluding carboxylic acids is 3. The molecule has 0 saturated carbocycles. The minimum absolute atomic E-state index is 0.0574. The Hall–Kier alpha value is -2.20. The quantitative estimate of drug-likeness (QED) is 0.453. The zero-order valence-corrected chi connectivity index (χ0v) is 21.0. The molecule has 0 aromatic heterocycles. The number of benzene rings is 1. The van der Waals surface area contributed by atoms with Crippen LogP contribution in [0.25, 0.3) is 0 Å². The highest BCUT2D eigenvalue weighted by atomic mass is 32.2. The third kappa shape index (κ3) is 12.6. The highest BCUT2D eigenvalue weighted by Crippen LogP contribution is 2.16. The van der Waals surface area contributed by atoms with Crippen LogP contribution in [0.1, 0.15) is 38.2 Å². The van der Waals surface area contributed by atoms with Gasteiger partial charge < -0.3 is 21.1 Å². The van der Waals surface area contributed by atoms with E-state index in [9.17, 15) is 24.3 Å². The van der Waals surface area contributed by atoms with Gasteiger partial charge in [0.25, 0.3) is 0 Å². The average molecular weight is 498 g/mol. The molecule has 0 bridgehead atoms. The molecule has 1 aromatic carbocycles. The monoisotopic (exact) mass is 497 g/mol. The molecular formula is C23H35N3O5S2. The summed E-state index contributed by atoms with van der Waals surface area (Å²) in [5.74, 6) is -0.804. The van der Waals surface area contributed by atoms with Crippen molar-refractivity contribution in [3.8, 4) is 0 Å². The lowest BCUT2D eigenvalue weighted by Gasteiger charge is -2.24. The normalized spacial score (nSPS) is 14.9. The molecule has 184 valence electrons. The second-order valence-electron chi connectivity index (χ2n) is 7.76. The van der Waals surface area contributed by atoms with Crippen molar-refractivity contribution in [2.45, 2.75) is 45.1 Å². The molecule has 33 heavy (non-hydrogen) atoms. The Morgan fingerprint density at radius 1 is 1.12 bits per heavy atom. The first kappa shape index (κ1) is 28.8. The zero-order valence-electron chi connectivity index (χ0n) is 19.3. The Bertz CT molecular complexity index is 758. The highest BCUT2D eigenvalue weighted by Gasteiger charge is 2.25. The third-order valence-electron chi connectivity index (χ3n) is 5.08. The lowest BCUT2D eigenvalue weighted by Crippen LogP contribution is -2.45. The molecule has 2 rings (SSSR count). The molecule has 3 amide bonds. The largest absolute Gasteiger partial charge is 0.480 e. The summed E-state index contributed by atoms with van der Waals surface area (Å²) in [5.41, 5.74) is 6.04. The van der Waals surface area contributed by atoms with Gasteiger partial charge in [-0.25, -0.2) is 9.59 Å². The number of carboxylic acid groups (broad SMARTS) is 1. The van der Waals surface area contributed by atoms with Gasteiger partial charge in [0, 0.05) is 25.8 Å². The SMILES string of the molecule is CSCC[C@H](NC(=O)[C@H](CSC(C)=O)Cc1ccccc1)C(=O)O.NC(=O)N1CCCCC1. The number of rotatable bonds is 10. The molecule has 1 heterocycles. The molecule has 10 heteroatoms. The standard InChI is InChI=1S/C17H23NO4S2.C6H12N2O/c1-12(19)24-11-14(10-13-6-4-3-5-7-13)16(20)18-15(17(21)22)8-9-23-2;7-6(9)8-4-2-1-3-5-8/h3-7,14-15H,8-11H2,1-2H3,(H,18,20)(H,21,22);1-5H2,(H2,7,9)/t14-,15-;/m0./s1. The van der Waals surface area contributed by atoms with Gasteiger partial charge in [-0.2, -0.15) is 11.8 Å². The van der Waals surface area contributed by atoms with E-state index in [0.717, 1.165) is 43.3 Å². The molecule has 1 saturated heterocycles. The average Bonchev–Trinajstić information content (AvgIpc) is 2.80. The summed E-state index contributed by atoms with van der Waals surface area (Å²) < 4.78 is 0. The number of amides is 3. The molecule has 0 spiro atoms. The van der Waals surface area contributed by atoms with Gasteiger partial charge in [-0.1, -0.05) is 42.1 Å². The molecule has 1 aliphatic rings. The number of hydrogen-bond donors (Lipinski definition) is 3. The second-order valence-corrected chi connectivity index (χ2v) is 9.94. The van der Waals surface area contributed by atoms with E-state index in [0.29, 0.717) is 24.3 Å². The summed E-state index contributed by atoms with van der Waals surface area (Å²) in [6, 6.07) is 8.34. The zero-order chi connectivity index (χ0) is 24.6. The van der Waals surface area contributed by atoms with Crippen LogP contribution in [0, 0.1) is 5.92 Å². The molecule has 4 N–H and O–H groups in total. The molecule has 1 fully saturated rings. The first-order valence-electron chi connectivity index (χ1n) is 11.0. The maximum Gasteiger partial charge on any atom is 0.326 e. The van der Waals surface area contributed by atoms with E-state index in [1.54, 1.807) is 4.90 Å². The Balaban J connectivity index is 0.000000502. The molecule has 1 aromatic rings. The summed E-state index contributed by atoms with van der Waals surface area (Å²) >= 11 is 2.63. The molecule has 0 radical (unpaired) electrons. The minimum atomic E-state index is -1.03. The molecule has 1 aliphatic heterocycles. The van der Waals surface area contributed by atoms with Gasteiger partial charge in [-0.3, -0.25) is 9.59 Å². The van der Waals surface area contributed by atoms with Crippen molar-refractivity contribution in [2.75, 3.05) is 30.9 Å². The first-order valence-corrected chi connectivity index (χ1v) is 13.4. The summed E-state index contributed by atoms with van der Waals surface area (Å²) in [4.78, 5) is 47.3. The van der Waals surface area contributed by atoms with Crippen LogP contribution in [0.2, 0.25) is 0 Å². The van der Waals surface area contributed by atoms with Crippen LogP contribution in [0.4, 0.5) is 4.79 Å². The van der Waals surface area contributed by atoms with Crippen LogP contribution >= 0.6 is 23.5 Å². The van der Waals surface area contributed by atoms with E-state index in [1.165, 1.54) is 25.1 Å².